The van der Waals surface area contributed by atoms with Gasteiger partial charge in [0.15, 0.2) is 6.54 Å². The third-order valence-electron chi connectivity index (χ3n) is 13.7. The summed E-state index contributed by atoms with van der Waals surface area (Å²) in [5.74, 6) is -0.694. The van der Waals surface area contributed by atoms with E-state index in [2.05, 4.69) is 103 Å². The first-order chi connectivity index (χ1) is 34.6. The van der Waals surface area contributed by atoms with Crippen LogP contribution >= 0.6 is 0 Å². The van der Waals surface area contributed by atoms with Gasteiger partial charge < -0.3 is 24.4 Å². The van der Waals surface area contributed by atoms with Gasteiger partial charge in [-0.25, -0.2) is 9.18 Å². The maximum atomic E-state index is 17.9. The van der Waals surface area contributed by atoms with Crippen LogP contribution in [0.1, 0.15) is 106 Å². The number of nitrogens with zero attached hydrogens (tertiary/aromatic N) is 3. The summed E-state index contributed by atoms with van der Waals surface area (Å²) in [7, 11) is 0. The van der Waals surface area contributed by atoms with Crippen molar-refractivity contribution in [3.8, 4) is 17.0 Å². The van der Waals surface area contributed by atoms with Gasteiger partial charge in [0.2, 0.25) is 11.4 Å². The first-order valence-corrected chi connectivity index (χ1v) is 25.4. The molecule has 1 aromatic heterocycles. The number of aryl methyl sites for hydroxylation is 3. The van der Waals surface area contributed by atoms with Crippen molar-refractivity contribution in [3.05, 3.63) is 208 Å². The zero-order valence-electron chi connectivity index (χ0n) is 43.4. The Morgan fingerprint density at radius 3 is 1.96 bits per heavy atom. The summed E-state index contributed by atoms with van der Waals surface area (Å²) in [6.07, 6.45) is 9.87. The van der Waals surface area contributed by atoms with Gasteiger partial charge in [-0.2, -0.15) is 4.58 Å². The van der Waals surface area contributed by atoms with Gasteiger partial charge in [-0.3, -0.25) is 0 Å². The van der Waals surface area contributed by atoms with E-state index in [0.29, 0.717) is 41.0 Å². The number of aromatic nitrogens is 1. The quantitative estimate of drug-likeness (QED) is 0.0791. The van der Waals surface area contributed by atoms with E-state index in [9.17, 15) is 15.0 Å². The molecule has 6 aromatic carbocycles. The van der Waals surface area contributed by atoms with E-state index in [4.69, 9.17) is 4.74 Å². The Balaban J connectivity index is 1.26. The van der Waals surface area contributed by atoms with Gasteiger partial charge in [0.05, 0.1) is 17.8 Å². The van der Waals surface area contributed by atoms with Crippen LogP contribution in [-0.4, -0.2) is 57.3 Å². The van der Waals surface area contributed by atoms with Gasteiger partial charge in [0, 0.05) is 80.4 Å². The Hall–Kier alpha value is -7.29. The van der Waals surface area contributed by atoms with Crippen LogP contribution in [0.2, 0.25) is 0 Å². The number of fused-ring (bicyclic) bond motifs is 1. The van der Waals surface area contributed by atoms with Crippen molar-refractivity contribution >= 4 is 45.2 Å². The Bertz CT molecular complexity index is 3200. The summed E-state index contributed by atoms with van der Waals surface area (Å²) in [5, 5.41) is 22.7. The Kier molecular flexibility index (Phi) is 15.3. The maximum Gasteiger partial charge on any atom is 0.338 e. The molecule has 0 amide bonds. The van der Waals surface area contributed by atoms with Crippen molar-refractivity contribution in [2.24, 2.45) is 0 Å². The molecule has 0 saturated carbocycles. The minimum atomic E-state index is -0.490. The standard InChI is InChI=1S/C64H68FN3O4/c1-10-43-22-16-19-27-55(43)67(36-38-69)48-32-30-45(31-33-48)58(59-51-26-18-21-29-57(51)66(12-3)60(59)46-24-14-13-15-25-46)50-35-34-49(42-54(50)65)68(56-28-20-17-23-44(56)11-2)37-39-72-62(71)47-40-52(63(4,5)6)61(70)53(41-47)64(7,8)9/h13-35,40-42,69H,10-12,36-39H2,1-9H3/p+1. The number of allylic oxidation sites excluding steroid dienone is 5. The van der Waals surface area contributed by atoms with E-state index in [-0.39, 0.29) is 25.5 Å². The number of esters is 1. The molecule has 1 heterocycles. The number of anilines is 2. The van der Waals surface area contributed by atoms with E-state index in [1.165, 1.54) is 5.56 Å². The van der Waals surface area contributed by atoms with E-state index < -0.39 is 22.6 Å². The Labute approximate surface area is 425 Å². The molecule has 7 aromatic rings. The van der Waals surface area contributed by atoms with Crippen LogP contribution in [0.4, 0.5) is 21.5 Å². The molecule has 1 aliphatic carbocycles. The predicted octanol–water partition coefficient (Wildman–Crippen LogP) is 14.6. The summed E-state index contributed by atoms with van der Waals surface area (Å²) in [5.41, 5.74) is 12.7. The minimum Gasteiger partial charge on any atom is -0.507 e. The molecule has 370 valence electrons. The zero-order chi connectivity index (χ0) is 51.3. The number of para-hydroxylation sites is 3. The van der Waals surface area contributed by atoms with Crippen LogP contribution in [0.25, 0.3) is 27.7 Å². The van der Waals surface area contributed by atoms with Gasteiger partial charge in [-0.05, 0) is 102 Å². The van der Waals surface area contributed by atoms with E-state index in [1.807, 2.05) is 113 Å². The van der Waals surface area contributed by atoms with Crippen LogP contribution in [0.15, 0.2) is 163 Å². The molecule has 7 nitrogen and oxygen atoms in total. The topological polar surface area (TPSA) is 77.9 Å². The number of phenols is 1. The number of rotatable bonds is 15. The second-order valence-corrected chi connectivity index (χ2v) is 20.5. The maximum absolute atomic E-state index is 17.9. The number of ether oxygens (including phenoxy) is 1. The molecular formula is C64H69FN3O4+. The summed E-state index contributed by atoms with van der Waals surface area (Å²) >= 11 is 0. The number of aliphatic hydroxyl groups is 1. The van der Waals surface area contributed by atoms with E-state index in [0.717, 1.165) is 74.4 Å². The average molecular weight is 963 g/mol. The monoisotopic (exact) mass is 963 g/mol. The number of aliphatic hydroxyl groups excluding tert-OH is 1. The lowest BCUT2D eigenvalue weighted by Gasteiger charge is -2.29. The van der Waals surface area contributed by atoms with Crippen molar-refractivity contribution < 1.29 is 28.7 Å². The smallest absolute Gasteiger partial charge is 0.338 e. The molecule has 0 unspecified atom stereocenters. The highest BCUT2D eigenvalue weighted by molar-refractivity contribution is 6.09. The van der Waals surface area contributed by atoms with Crippen molar-refractivity contribution in [1.82, 2.24) is 4.57 Å². The molecular weight excluding hydrogens is 894 g/mol. The van der Waals surface area contributed by atoms with Gasteiger partial charge in [-0.1, -0.05) is 140 Å². The Morgan fingerprint density at radius 2 is 1.33 bits per heavy atom. The van der Waals surface area contributed by atoms with Crippen LogP contribution in [0, 0.1) is 5.82 Å². The third kappa shape index (κ3) is 10.4. The summed E-state index contributed by atoms with van der Waals surface area (Å²) in [6, 6.07) is 44.0. The normalized spacial score (nSPS) is 12.7. The number of phenolic OH excluding ortho intramolecular Hbond substituents is 1. The number of carbonyl (C=O) groups excluding carboxylic acids is 1. The average Bonchev–Trinajstić information content (AvgIpc) is 3.71. The first kappa shape index (κ1) is 51.1. The molecule has 0 atom stereocenters. The lowest BCUT2D eigenvalue weighted by Crippen LogP contribution is -2.25. The van der Waals surface area contributed by atoms with Crippen molar-refractivity contribution in [2.75, 3.05) is 31.2 Å². The summed E-state index contributed by atoms with van der Waals surface area (Å²) < 4.78 is 28.5. The fraction of sp³-hybridized carbons (Fsp3) is 0.281. The molecule has 1 aliphatic rings. The largest absolute Gasteiger partial charge is 0.507 e. The highest BCUT2D eigenvalue weighted by Gasteiger charge is 2.30. The van der Waals surface area contributed by atoms with E-state index >= 15 is 4.39 Å². The van der Waals surface area contributed by atoms with Crippen LogP contribution in [0.3, 0.4) is 0 Å². The second kappa shape index (κ2) is 21.6. The molecule has 72 heavy (non-hydrogen) atoms. The summed E-state index contributed by atoms with van der Waals surface area (Å²) in [4.78, 5) is 16.0. The SMILES string of the molecule is CCc1ccccc1N(CCOC(=O)c1cc(C(C)(C)C)c(O)c(C(C)(C)C)c1)c1ccc(C(=C2C=CC(=[N+](CCO)c3ccccc3CC)C=C2)c2c(-c3ccccc3)n(CC)c3ccccc23)c(F)c1. The molecule has 8 heteroatoms. The number of carbonyl (C=O) groups is 1. The van der Waals surface area contributed by atoms with Crippen LogP contribution in [0.5, 0.6) is 5.75 Å². The molecule has 8 rings (SSSR count). The molecule has 0 fully saturated rings. The number of aromatic hydroxyl groups is 1. The fourth-order valence-electron chi connectivity index (χ4n) is 10.1. The van der Waals surface area contributed by atoms with Gasteiger partial charge in [0.1, 0.15) is 24.8 Å². The number of halogens is 1. The number of hydrogen-bond donors (Lipinski definition) is 2. The zero-order valence-corrected chi connectivity index (χ0v) is 43.4. The first-order valence-electron chi connectivity index (χ1n) is 25.4. The van der Waals surface area contributed by atoms with Gasteiger partial charge >= 0.3 is 5.97 Å². The fourth-order valence-corrected chi connectivity index (χ4v) is 10.1. The molecule has 0 spiro atoms. The van der Waals surface area contributed by atoms with Gasteiger partial charge in [-0.15, -0.1) is 0 Å². The van der Waals surface area contributed by atoms with E-state index in [1.54, 1.807) is 18.2 Å². The lowest BCUT2D eigenvalue weighted by molar-refractivity contribution is -0.443. The third-order valence-corrected chi connectivity index (χ3v) is 13.7. The molecule has 2 N–H and O–H groups in total. The van der Waals surface area contributed by atoms with Crippen molar-refractivity contribution in [3.63, 3.8) is 0 Å². The van der Waals surface area contributed by atoms with Crippen molar-refractivity contribution in [1.29, 1.82) is 0 Å². The molecule has 0 aliphatic heterocycles. The highest BCUT2D eigenvalue weighted by atomic mass is 19.1. The molecule has 0 bridgehead atoms. The predicted molar refractivity (Wildman–Crippen MR) is 295 cm³/mol. The molecule has 0 radical (unpaired) electrons. The van der Waals surface area contributed by atoms with Crippen LogP contribution in [-0.2, 0) is 35.0 Å². The highest BCUT2D eigenvalue weighted by Crippen LogP contribution is 2.45. The Morgan fingerprint density at radius 1 is 0.722 bits per heavy atom. The second-order valence-electron chi connectivity index (χ2n) is 20.5. The number of benzene rings is 6. The van der Waals surface area contributed by atoms with Crippen LogP contribution < -0.4 is 4.90 Å². The minimum absolute atomic E-state index is 0.0214. The van der Waals surface area contributed by atoms with Crippen molar-refractivity contribution in [2.45, 2.75) is 92.5 Å². The lowest BCUT2D eigenvalue weighted by atomic mass is 9.78. The summed E-state index contributed by atoms with van der Waals surface area (Å²) in [6.45, 7) is 19.8. The molecule has 0 saturated heterocycles. The van der Waals surface area contributed by atoms with Gasteiger partial charge in [0.25, 0.3) is 0 Å². The number of hydrogen-bond acceptors (Lipinski definition) is 5.